The number of morpholine rings is 1. The molecule has 0 spiro atoms. The van der Waals surface area contributed by atoms with Crippen molar-refractivity contribution < 1.29 is 9.53 Å². The Bertz CT molecular complexity index is 309. The van der Waals surface area contributed by atoms with Crippen LogP contribution in [0.1, 0.15) is 33.1 Å². The van der Waals surface area contributed by atoms with Crippen molar-refractivity contribution in [2.45, 2.75) is 39.2 Å². The van der Waals surface area contributed by atoms with Gasteiger partial charge in [0.2, 0.25) is 5.91 Å². The first-order valence-corrected chi connectivity index (χ1v) is 8.57. The van der Waals surface area contributed by atoms with Crippen LogP contribution in [0.2, 0.25) is 0 Å². The Morgan fingerprint density at radius 2 is 2.05 bits per heavy atom. The number of carbonyl (C=O) groups is 1. The molecule has 1 N–H and O–H groups in total. The molecule has 2 aliphatic heterocycles. The molecule has 0 radical (unpaired) electrons. The maximum absolute atomic E-state index is 12.8. The van der Waals surface area contributed by atoms with Crippen molar-refractivity contribution in [3.63, 3.8) is 0 Å². The normalized spacial score (nSPS) is 23.7. The van der Waals surface area contributed by atoms with E-state index in [2.05, 4.69) is 29.0 Å². The highest BCUT2D eigenvalue weighted by atomic mass is 16.5. The van der Waals surface area contributed by atoms with E-state index >= 15 is 0 Å². The predicted molar refractivity (Wildman–Crippen MR) is 84.3 cm³/mol. The van der Waals surface area contributed by atoms with Crippen molar-refractivity contribution in [3.8, 4) is 0 Å². The molecule has 2 aliphatic rings. The van der Waals surface area contributed by atoms with Gasteiger partial charge < -0.3 is 15.0 Å². The van der Waals surface area contributed by atoms with Crippen LogP contribution in [0.25, 0.3) is 0 Å². The summed E-state index contributed by atoms with van der Waals surface area (Å²) < 4.78 is 5.39. The highest BCUT2D eigenvalue weighted by molar-refractivity contribution is 5.79. The molecule has 1 unspecified atom stereocenters. The summed E-state index contributed by atoms with van der Waals surface area (Å²) in [5, 5.41) is 3.39. The standard InChI is InChI=1S/C16H31N3O2/c1-3-14(4-2)16(20)19(15-5-6-17-13-15)8-7-18-9-11-21-12-10-18/h14-15,17H,3-13H2,1-2H3. The zero-order valence-electron chi connectivity index (χ0n) is 13.6. The van der Waals surface area contributed by atoms with Crippen LogP contribution >= 0.6 is 0 Å². The van der Waals surface area contributed by atoms with Gasteiger partial charge in [0.1, 0.15) is 0 Å². The van der Waals surface area contributed by atoms with Gasteiger partial charge in [0.15, 0.2) is 0 Å². The fraction of sp³-hybridized carbons (Fsp3) is 0.938. The fourth-order valence-corrected chi connectivity index (χ4v) is 3.32. The maximum atomic E-state index is 12.8. The van der Waals surface area contributed by atoms with E-state index < -0.39 is 0 Å². The van der Waals surface area contributed by atoms with Crippen LogP contribution in [-0.4, -0.2) is 74.2 Å². The lowest BCUT2D eigenvalue weighted by atomic mass is 10.0. The first-order valence-electron chi connectivity index (χ1n) is 8.57. The number of hydrogen-bond acceptors (Lipinski definition) is 4. The molecule has 0 bridgehead atoms. The van der Waals surface area contributed by atoms with E-state index in [-0.39, 0.29) is 5.92 Å². The summed E-state index contributed by atoms with van der Waals surface area (Å²) in [4.78, 5) is 17.4. The maximum Gasteiger partial charge on any atom is 0.225 e. The van der Waals surface area contributed by atoms with E-state index in [9.17, 15) is 4.79 Å². The van der Waals surface area contributed by atoms with Crippen LogP contribution in [0.5, 0.6) is 0 Å². The van der Waals surface area contributed by atoms with E-state index in [0.717, 1.165) is 71.7 Å². The Morgan fingerprint density at radius 1 is 1.33 bits per heavy atom. The molecule has 2 rings (SSSR count). The minimum Gasteiger partial charge on any atom is -0.379 e. The average molecular weight is 297 g/mol. The van der Waals surface area contributed by atoms with Crippen LogP contribution < -0.4 is 5.32 Å². The van der Waals surface area contributed by atoms with Crippen LogP contribution in [0, 0.1) is 5.92 Å². The Labute approximate surface area is 129 Å². The minimum absolute atomic E-state index is 0.190. The van der Waals surface area contributed by atoms with Crippen LogP contribution in [0.15, 0.2) is 0 Å². The molecule has 1 amide bonds. The molecule has 5 heteroatoms. The summed E-state index contributed by atoms with van der Waals surface area (Å²) >= 11 is 0. The summed E-state index contributed by atoms with van der Waals surface area (Å²) in [5.74, 6) is 0.553. The van der Waals surface area contributed by atoms with Gasteiger partial charge in [-0.3, -0.25) is 9.69 Å². The van der Waals surface area contributed by atoms with Gasteiger partial charge in [0.05, 0.1) is 13.2 Å². The van der Waals surface area contributed by atoms with Crippen molar-refractivity contribution in [1.29, 1.82) is 0 Å². The van der Waals surface area contributed by atoms with E-state index in [1.807, 2.05) is 0 Å². The van der Waals surface area contributed by atoms with E-state index in [1.165, 1.54) is 0 Å². The number of carbonyl (C=O) groups excluding carboxylic acids is 1. The topological polar surface area (TPSA) is 44.8 Å². The number of rotatable bonds is 7. The fourth-order valence-electron chi connectivity index (χ4n) is 3.32. The highest BCUT2D eigenvalue weighted by Gasteiger charge is 2.30. The molecule has 2 fully saturated rings. The lowest BCUT2D eigenvalue weighted by Gasteiger charge is -2.34. The number of hydrogen-bond donors (Lipinski definition) is 1. The molecule has 0 aromatic rings. The second kappa shape index (κ2) is 8.71. The summed E-state index contributed by atoms with van der Waals surface area (Å²) in [7, 11) is 0. The van der Waals surface area contributed by atoms with Gasteiger partial charge in [-0.2, -0.15) is 0 Å². The van der Waals surface area contributed by atoms with Crippen molar-refractivity contribution in [3.05, 3.63) is 0 Å². The second-order valence-corrected chi connectivity index (χ2v) is 6.15. The summed E-state index contributed by atoms with van der Waals surface area (Å²) in [5.41, 5.74) is 0. The molecule has 2 saturated heterocycles. The minimum atomic E-state index is 0.190. The lowest BCUT2D eigenvalue weighted by molar-refractivity contribution is -0.138. The van der Waals surface area contributed by atoms with Crippen LogP contribution in [0.3, 0.4) is 0 Å². The molecule has 0 aliphatic carbocycles. The van der Waals surface area contributed by atoms with Gasteiger partial charge in [-0.1, -0.05) is 13.8 Å². The molecule has 0 saturated carbocycles. The van der Waals surface area contributed by atoms with Gasteiger partial charge in [0, 0.05) is 44.7 Å². The van der Waals surface area contributed by atoms with Crippen LogP contribution in [-0.2, 0) is 9.53 Å². The Balaban J connectivity index is 1.92. The molecule has 0 aromatic carbocycles. The number of amides is 1. The monoisotopic (exact) mass is 297 g/mol. The number of nitrogens with zero attached hydrogens (tertiary/aromatic N) is 2. The van der Waals surface area contributed by atoms with Gasteiger partial charge in [-0.15, -0.1) is 0 Å². The molecule has 5 nitrogen and oxygen atoms in total. The molecule has 1 atom stereocenters. The molecule has 122 valence electrons. The summed E-state index contributed by atoms with van der Waals surface area (Å²) in [6.45, 7) is 11.7. The largest absolute Gasteiger partial charge is 0.379 e. The lowest BCUT2D eigenvalue weighted by Crippen LogP contribution is -2.49. The SMILES string of the molecule is CCC(CC)C(=O)N(CCN1CCOCC1)C1CCNC1. The zero-order chi connectivity index (χ0) is 15.1. The third kappa shape index (κ3) is 4.66. The van der Waals surface area contributed by atoms with Crippen molar-refractivity contribution in [2.75, 3.05) is 52.5 Å². The average Bonchev–Trinajstić information content (AvgIpc) is 3.04. The van der Waals surface area contributed by atoms with Gasteiger partial charge in [-0.05, 0) is 25.8 Å². The summed E-state index contributed by atoms with van der Waals surface area (Å²) in [6.07, 6.45) is 2.99. The first-order chi connectivity index (χ1) is 10.3. The van der Waals surface area contributed by atoms with Crippen molar-refractivity contribution in [2.24, 2.45) is 5.92 Å². The predicted octanol–water partition coefficient (Wildman–Crippen LogP) is 0.945. The van der Waals surface area contributed by atoms with E-state index in [4.69, 9.17) is 4.74 Å². The smallest absolute Gasteiger partial charge is 0.225 e. The zero-order valence-corrected chi connectivity index (χ0v) is 13.6. The molecule has 0 aromatic heterocycles. The quantitative estimate of drug-likeness (QED) is 0.760. The van der Waals surface area contributed by atoms with Crippen molar-refractivity contribution >= 4 is 5.91 Å². The molecule has 21 heavy (non-hydrogen) atoms. The number of ether oxygens (including phenoxy) is 1. The third-order valence-corrected chi connectivity index (χ3v) is 4.85. The highest BCUT2D eigenvalue weighted by Crippen LogP contribution is 2.17. The van der Waals surface area contributed by atoms with Crippen LogP contribution in [0.4, 0.5) is 0 Å². The molecular formula is C16H31N3O2. The van der Waals surface area contributed by atoms with E-state index in [1.54, 1.807) is 0 Å². The van der Waals surface area contributed by atoms with Gasteiger partial charge in [-0.25, -0.2) is 0 Å². The van der Waals surface area contributed by atoms with E-state index in [0.29, 0.717) is 11.9 Å². The molecule has 2 heterocycles. The summed E-state index contributed by atoms with van der Waals surface area (Å²) in [6, 6.07) is 0.388. The second-order valence-electron chi connectivity index (χ2n) is 6.15. The van der Waals surface area contributed by atoms with Gasteiger partial charge >= 0.3 is 0 Å². The third-order valence-electron chi connectivity index (χ3n) is 4.85. The first kappa shape index (κ1) is 16.7. The Morgan fingerprint density at radius 3 is 2.62 bits per heavy atom. The molecular weight excluding hydrogens is 266 g/mol. The Hall–Kier alpha value is -0.650. The Kier molecular flexibility index (Phi) is 6.93. The number of nitrogens with one attached hydrogen (secondary N) is 1. The van der Waals surface area contributed by atoms with Gasteiger partial charge in [0.25, 0.3) is 0 Å². The van der Waals surface area contributed by atoms with Crippen molar-refractivity contribution in [1.82, 2.24) is 15.1 Å².